The number of rotatable bonds is 8. The van der Waals surface area contributed by atoms with Crippen LogP contribution in [0.15, 0.2) is 54.7 Å². The van der Waals surface area contributed by atoms with Crippen molar-refractivity contribution in [3.8, 4) is 22.8 Å². The normalized spacial score (nSPS) is 15.4. The lowest BCUT2D eigenvalue weighted by molar-refractivity contribution is -0.265. The maximum Gasteiger partial charge on any atom is 0.424 e. The fourth-order valence-corrected chi connectivity index (χ4v) is 4.80. The van der Waals surface area contributed by atoms with E-state index >= 15 is 0 Å². The van der Waals surface area contributed by atoms with Crippen LogP contribution in [0.1, 0.15) is 21.6 Å². The van der Waals surface area contributed by atoms with Gasteiger partial charge in [-0.1, -0.05) is 0 Å². The van der Waals surface area contributed by atoms with E-state index in [1.165, 1.54) is 43.6 Å². The predicted octanol–water partition coefficient (Wildman–Crippen LogP) is 4.78. The summed E-state index contributed by atoms with van der Waals surface area (Å²) >= 11 is 0. The fourth-order valence-electron chi connectivity index (χ4n) is 4.80. The molecule has 43 heavy (non-hydrogen) atoms. The highest BCUT2D eigenvalue weighted by atomic mass is 19.4. The second kappa shape index (κ2) is 10.9. The lowest BCUT2D eigenvalue weighted by Gasteiger charge is -2.31. The number of aromatic nitrogens is 2. The molecule has 0 spiro atoms. The second-order valence-corrected chi connectivity index (χ2v) is 10.1. The molecule has 4 N–H and O–H groups in total. The number of pyridine rings is 2. The van der Waals surface area contributed by atoms with Gasteiger partial charge < -0.3 is 25.6 Å². The monoisotopic (exact) mass is 606 g/mol. The van der Waals surface area contributed by atoms with E-state index in [0.29, 0.717) is 10.9 Å². The Morgan fingerprint density at radius 1 is 1.14 bits per heavy atom. The van der Waals surface area contributed by atoms with E-state index in [9.17, 15) is 36.2 Å². The zero-order valence-electron chi connectivity index (χ0n) is 22.4. The van der Waals surface area contributed by atoms with Crippen LogP contribution in [0, 0.1) is 5.82 Å². The van der Waals surface area contributed by atoms with Crippen molar-refractivity contribution in [1.29, 1.82) is 0 Å². The summed E-state index contributed by atoms with van der Waals surface area (Å²) in [4.78, 5) is 21.2. The van der Waals surface area contributed by atoms with Gasteiger partial charge in [-0.05, 0) is 48.5 Å². The van der Waals surface area contributed by atoms with Gasteiger partial charge in [0.15, 0.2) is 0 Å². The Balaban J connectivity index is 1.58. The van der Waals surface area contributed by atoms with Crippen molar-refractivity contribution < 1.29 is 45.7 Å². The van der Waals surface area contributed by atoms with E-state index in [-0.39, 0.29) is 39.6 Å². The molecule has 0 bridgehead atoms. The Morgan fingerprint density at radius 2 is 1.84 bits per heavy atom. The van der Waals surface area contributed by atoms with Crippen molar-refractivity contribution in [2.45, 2.75) is 17.2 Å². The van der Waals surface area contributed by atoms with Crippen molar-refractivity contribution in [2.24, 2.45) is 0 Å². The summed E-state index contributed by atoms with van der Waals surface area (Å²) in [6.07, 6.45) is -4.07. The highest BCUT2D eigenvalue weighted by Gasteiger charge is 2.57. The van der Waals surface area contributed by atoms with Gasteiger partial charge in [0.05, 0.1) is 36.6 Å². The smallest absolute Gasteiger partial charge is 0.424 e. The number of carbonyl (C=O) groups is 1. The van der Waals surface area contributed by atoms with Crippen LogP contribution >= 0.6 is 0 Å². The first-order chi connectivity index (χ1) is 20.4. The third-order valence-electron chi connectivity index (χ3n) is 7.32. The van der Waals surface area contributed by atoms with Crippen LogP contribution in [0.5, 0.6) is 11.5 Å². The third-order valence-corrected chi connectivity index (χ3v) is 7.32. The largest absolute Gasteiger partial charge is 0.494 e. The number of aliphatic hydroxyl groups is 1. The van der Waals surface area contributed by atoms with Crippen LogP contribution in [0.4, 0.5) is 32.0 Å². The highest BCUT2D eigenvalue weighted by molar-refractivity contribution is 6.00. The fraction of sp³-hybridized carbons (Fsp3) is 0.276. The maximum absolute atomic E-state index is 14.6. The van der Waals surface area contributed by atoms with E-state index in [2.05, 4.69) is 15.3 Å². The van der Waals surface area contributed by atoms with Gasteiger partial charge in [-0.3, -0.25) is 9.78 Å². The molecule has 0 saturated heterocycles. The first-order valence-corrected chi connectivity index (χ1v) is 12.7. The number of hydrogen-bond donors (Lipinski definition) is 3. The maximum atomic E-state index is 14.6. The van der Waals surface area contributed by atoms with Gasteiger partial charge in [0.25, 0.3) is 5.91 Å². The number of nitrogens with two attached hydrogens (primary N) is 1. The number of nitrogens with one attached hydrogen (secondary N) is 1. The van der Waals surface area contributed by atoms with Gasteiger partial charge in [0.2, 0.25) is 5.60 Å². The molecule has 8 nitrogen and oxygen atoms in total. The molecule has 2 aromatic carbocycles. The Kier molecular flexibility index (Phi) is 7.59. The molecule has 1 unspecified atom stereocenters. The average molecular weight is 607 g/mol. The summed E-state index contributed by atoms with van der Waals surface area (Å²) in [5, 5.41) is 13.6. The third kappa shape index (κ3) is 5.15. The number of ether oxygens (including phenoxy) is 2. The molecule has 1 aliphatic heterocycles. The van der Waals surface area contributed by atoms with Crippen LogP contribution in [0.3, 0.4) is 0 Å². The molecule has 4 aromatic rings. The number of fused-ring (bicyclic) bond motifs is 2. The van der Waals surface area contributed by atoms with Crippen LogP contribution < -0.4 is 20.5 Å². The van der Waals surface area contributed by atoms with Gasteiger partial charge in [-0.15, -0.1) is 0 Å². The zero-order valence-corrected chi connectivity index (χ0v) is 22.4. The molecule has 2 aromatic heterocycles. The van der Waals surface area contributed by atoms with Crippen LogP contribution in [0.2, 0.25) is 0 Å². The number of alkyl halides is 5. The van der Waals surface area contributed by atoms with Gasteiger partial charge in [0, 0.05) is 22.1 Å². The first kappa shape index (κ1) is 29.9. The SMILES string of the molecule is COc1cc(C(=O)NCC(O)(c2cc3c(c(-c4ccc(F)cc4)n2)OCC3(CF)CF)C(F)(F)F)cc2cc(N)cnc12. The summed E-state index contributed by atoms with van der Waals surface area (Å²) in [6.45, 7) is -4.63. The predicted molar refractivity (Wildman–Crippen MR) is 144 cm³/mol. The lowest BCUT2D eigenvalue weighted by Crippen LogP contribution is -2.51. The van der Waals surface area contributed by atoms with Crippen molar-refractivity contribution in [1.82, 2.24) is 15.3 Å². The number of amides is 1. The second-order valence-electron chi connectivity index (χ2n) is 10.1. The minimum absolute atomic E-state index is 0.0673. The first-order valence-electron chi connectivity index (χ1n) is 12.7. The molecule has 226 valence electrons. The van der Waals surface area contributed by atoms with E-state index in [0.717, 1.165) is 18.2 Å². The van der Waals surface area contributed by atoms with E-state index in [4.69, 9.17) is 15.2 Å². The molecular weight excluding hydrogens is 582 g/mol. The standard InChI is InChI=1S/C29H24F6N4O4/c1-42-21-8-17(6-16-7-19(36)10-37-23(16)21)26(40)38-13-28(41,29(33,34)35)22-9-20-25(43-14-27(20,11-30)12-31)24(39-22)15-2-4-18(32)5-3-15/h2-10,41H,11-14,36H2,1H3,(H,38,40). The number of methoxy groups -OCH3 is 1. The summed E-state index contributed by atoms with van der Waals surface area (Å²) < 4.78 is 96.5. The minimum Gasteiger partial charge on any atom is -0.494 e. The molecule has 0 aliphatic carbocycles. The summed E-state index contributed by atoms with van der Waals surface area (Å²) in [5.74, 6) is -1.73. The molecule has 5 rings (SSSR count). The van der Waals surface area contributed by atoms with Gasteiger partial charge in [0.1, 0.15) is 48.5 Å². The zero-order chi connectivity index (χ0) is 31.2. The average Bonchev–Trinajstić information content (AvgIpc) is 3.37. The minimum atomic E-state index is -5.44. The Labute approximate surface area is 240 Å². The van der Waals surface area contributed by atoms with Gasteiger partial charge >= 0.3 is 6.18 Å². The Bertz CT molecular complexity index is 1700. The number of benzene rings is 2. The number of nitrogens with zero attached hydrogens (tertiary/aromatic N) is 2. The summed E-state index contributed by atoms with van der Waals surface area (Å²) in [6, 6.07) is 9.21. The van der Waals surface area contributed by atoms with Crippen LogP contribution in [-0.2, 0) is 11.0 Å². The highest BCUT2D eigenvalue weighted by Crippen LogP contribution is 2.48. The Hall–Kier alpha value is -4.59. The molecule has 14 heteroatoms. The van der Waals surface area contributed by atoms with Crippen molar-refractivity contribution in [2.75, 3.05) is 39.3 Å². The molecule has 3 heterocycles. The van der Waals surface area contributed by atoms with E-state index < -0.39 is 61.1 Å². The Morgan fingerprint density at radius 3 is 2.47 bits per heavy atom. The van der Waals surface area contributed by atoms with Crippen LogP contribution in [-0.4, -0.2) is 60.8 Å². The van der Waals surface area contributed by atoms with Crippen molar-refractivity contribution in [3.63, 3.8) is 0 Å². The molecule has 1 amide bonds. The van der Waals surface area contributed by atoms with Crippen molar-refractivity contribution >= 4 is 22.5 Å². The number of halogens is 6. The summed E-state index contributed by atoms with van der Waals surface area (Å²) in [5.41, 5.74) is -1.12. The number of carbonyl (C=O) groups excluding carboxylic acids is 1. The van der Waals surface area contributed by atoms with E-state index in [1.54, 1.807) is 0 Å². The van der Waals surface area contributed by atoms with Gasteiger partial charge in [-0.25, -0.2) is 18.2 Å². The molecule has 0 saturated carbocycles. The number of hydrogen-bond acceptors (Lipinski definition) is 7. The van der Waals surface area contributed by atoms with Crippen molar-refractivity contribution in [3.05, 3.63) is 77.4 Å². The molecule has 0 fully saturated rings. The lowest BCUT2D eigenvalue weighted by atomic mass is 9.82. The van der Waals surface area contributed by atoms with Gasteiger partial charge in [-0.2, -0.15) is 13.2 Å². The quantitative estimate of drug-likeness (QED) is 0.247. The number of nitrogen functional groups attached to an aromatic ring is 1. The topological polar surface area (TPSA) is 120 Å². The number of anilines is 1. The van der Waals surface area contributed by atoms with Crippen LogP contribution in [0.25, 0.3) is 22.2 Å². The molecular formula is C29H24F6N4O4. The molecule has 1 aliphatic rings. The summed E-state index contributed by atoms with van der Waals surface area (Å²) in [7, 11) is 1.31. The van der Waals surface area contributed by atoms with E-state index in [1.807, 2.05) is 0 Å². The molecule has 0 radical (unpaired) electrons. The molecule has 1 atom stereocenters.